The second-order valence-electron chi connectivity index (χ2n) is 6.86. The molecule has 0 radical (unpaired) electrons. The van der Waals surface area contributed by atoms with Crippen molar-refractivity contribution in [2.75, 3.05) is 7.11 Å². The van der Waals surface area contributed by atoms with E-state index in [0.717, 1.165) is 12.0 Å². The fourth-order valence-corrected chi connectivity index (χ4v) is 3.84. The Morgan fingerprint density at radius 2 is 1.59 bits per heavy atom. The van der Waals surface area contributed by atoms with Crippen LogP contribution in [0.2, 0.25) is 0 Å². The minimum atomic E-state index is -0.102. The highest BCUT2D eigenvalue weighted by Gasteiger charge is 2.22. The molecule has 3 nitrogen and oxygen atoms in total. The van der Waals surface area contributed by atoms with Crippen molar-refractivity contribution >= 4 is 11.6 Å². The summed E-state index contributed by atoms with van der Waals surface area (Å²) >= 11 is 0. The number of ether oxygens (including phenoxy) is 1. The molecule has 0 aromatic heterocycles. The summed E-state index contributed by atoms with van der Waals surface area (Å²) in [5.41, 5.74) is 6.69. The average molecular weight is 356 g/mol. The lowest BCUT2D eigenvalue weighted by molar-refractivity contribution is 0.0968. The van der Waals surface area contributed by atoms with Crippen LogP contribution in [-0.2, 0) is 12.8 Å². The second-order valence-corrected chi connectivity index (χ2v) is 6.86. The molecule has 0 atom stereocenters. The molecule has 27 heavy (non-hydrogen) atoms. The van der Waals surface area contributed by atoms with Crippen molar-refractivity contribution in [2.24, 2.45) is 0 Å². The molecule has 0 N–H and O–H groups in total. The average Bonchev–Trinajstić information content (AvgIpc) is 3.04. The summed E-state index contributed by atoms with van der Waals surface area (Å²) in [5.74, 6) is 0.531. The lowest BCUT2D eigenvalue weighted by atomic mass is 9.94. The zero-order valence-electron chi connectivity index (χ0n) is 15.4. The molecule has 0 aliphatic heterocycles. The van der Waals surface area contributed by atoms with E-state index >= 15 is 0 Å². The number of hydrogen-bond acceptors (Lipinski definition) is 3. The number of fused-ring (bicyclic) bond motifs is 3. The van der Waals surface area contributed by atoms with Crippen molar-refractivity contribution in [3.8, 4) is 16.9 Å². The van der Waals surface area contributed by atoms with Crippen molar-refractivity contribution in [2.45, 2.75) is 19.8 Å². The number of carbonyl (C=O) groups is 2. The summed E-state index contributed by atoms with van der Waals surface area (Å²) < 4.78 is 5.58. The third-order valence-corrected chi connectivity index (χ3v) is 5.15. The highest BCUT2D eigenvalue weighted by Crippen LogP contribution is 2.40. The van der Waals surface area contributed by atoms with Gasteiger partial charge in [-0.05, 0) is 41.7 Å². The minimum Gasteiger partial charge on any atom is -0.496 e. The zero-order chi connectivity index (χ0) is 19.0. The summed E-state index contributed by atoms with van der Waals surface area (Å²) in [6.45, 7) is 1.49. The van der Waals surface area contributed by atoms with E-state index < -0.39 is 0 Å². The molecule has 1 aliphatic carbocycles. The first-order valence-corrected chi connectivity index (χ1v) is 8.99. The van der Waals surface area contributed by atoms with Gasteiger partial charge in [0.05, 0.1) is 7.11 Å². The molecular formula is C24H20O3. The standard InChI is InChI=1S/C24H20O3/c1-15(25)19-8-5-6-10-21(19)23(26)13-18-12-17-11-16-7-3-4-9-20(16)22(17)14-24(18)27-2/h3-10,12,14H,11,13H2,1-2H3. The van der Waals surface area contributed by atoms with Crippen molar-refractivity contribution in [1.29, 1.82) is 0 Å². The van der Waals surface area contributed by atoms with Gasteiger partial charge in [-0.15, -0.1) is 0 Å². The van der Waals surface area contributed by atoms with Crippen LogP contribution in [0.3, 0.4) is 0 Å². The maximum Gasteiger partial charge on any atom is 0.168 e. The highest BCUT2D eigenvalue weighted by molar-refractivity contribution is 6.08. The molecule has 3 aromatic carbocycles. The number of hydrogen-bond donors (Lipinski definition) is 0. The first-order valence-electron chi connectivity index (χ1n) is 8.99. The van der Waals surface area contributed by atoms with Gasteiger partial charge in [-0.3, -0.25) is 9.59 Å². The molecule has 0 spiro atoms. The topological polar surface area (TPSA) is 43.4 Å². The first kappa shape index (κ1) is 17.2. The van der Waals surface area contributed by atoms with Crippen LogP contribution in [0, 0.1) is 0 Å². The molecule has 0 saturated carbocycles. The van der Waals surface area contributed by atoms with Crippen molar-refractivity contribution in [3.63, 3.8) is 0 Å². The Hall–Kier alpha value is -3.20. The number of ketones is 2. The lowest BCUT2D eigenvalue weighted by Crippen LogP contribution is -2.10. The maximum atomic E-state index is 12.9. The van der Waals surface area contributed by atoms with Crippen LogP contribution in [0.4, 0.5) is 0 Å². The Morgan fingerprint density at radius 3 is 2.33 bits per heavy atom. The molecule has 134 valence electrons. The summed E-state index contributed by atoms with van der Waals surface area (Å²) in [5, 5.41) is 0. The van der Waals surface area contributed by atoms with Crippen molar-refractivity contribution < 1.29 is 14.3 Å². The number of benzene rings is 3. The Labute approximate surface area is 158 Å². The second kappa shape index (κ2) is 6.84. The van der Waals surface area contributed by atoms with E-state index in [1.165, 1.54) is 29.2 Å². The van der Waals surface area contributed by atoms with Crippen LogP contribution in [0.25, 0.3) is 11.1 Å². The van der Waals surface area contributed by atoms with Crippen LogP contribution in [-0.4, -0.2) is 18.7 Å². The molecule has 0 saturated heterocycles. The monoisotopic (exact) mass is 356 g/mol. The number of rotatable bonds is 5. The van der Waals surface area contributed by atoms with Crippen molar-refractivity contribution in [1.82, 2.24) is 0 Å². The predicted molar refractivity (Wildman–Crippen MR) is 106 cm³/mol. The molecule has 4 rings (SSSR count). The first-order chi connectivity index (χ1) is 13.1. The third-order valence-electron chi connectivity index (χ3n) is 5.15. The van der Waals surface area contributed by atoms with E-state index in [2.05, 4.69) is 18.2 Å². The van der Waals surface area contributed by atoms with Crippen LogP contribution in [0.5, 0.6) is 5.75 Å². The number of methoxy groups -OCH3 is 1. The van der Waals surface area contributed by atoms with E-state index in [-0.39, 0.29) is 18.0 Å². The smallest absolute Gasteiger partial charge is 0.168 e. The SMILES string of the molecule is COc1cc2c(cc1CC(=O)c1ccccc1C(C)=O)Cc1ccccc1-2. The van der Waals surface area contributed by atoms with Gasteiger partial charge in [0.25, 0.3) is 0 Å². The summed E-state index contributed by atoms with van der Waals surface area (Å²) in [7, 11) is 1.63. The predicted octanol–water partition coefficient (Wildman–Crippen LogP) is 4.89. The molecule has 0 unspecified atom stereocenters. The van der Waals surface area contributed by atoms with Crippen LogP contribution >= 0.6 is 0 Å². The molecule has 1 aliphatic rings. The van der Waals surface area contributed by atoms with Gasteiger partial charge in [-0.1, -0.05) is 54.6 Å². The van der Waals surface area contributed by atoms with Gasteiger partial charge in [-0.25, -0.2) is 0 Å². The number of carbonyl (C=O) groups excluding carboxylic acids is 2. The molecule has 0 heterocycles. The summed E-state index contributed by atoms with van der Waals surface area (Å²) in [6.07, 6.45) is 1.07. The van der Waals surface area contributed by atoms with Crippen LogP contribution < -0.4 is 4.74 Å². The van der Waals surface area contributed by atoms with E-state index in [1.54, 1.807) is 31.4 Å². The molecule has 3 aromatic rings. The molecule has 0 amide bonds. The van der Waals surface area contributed by atoms with Crippen LogP contribution in [0.1, 0.15) is 44.3 Å². The Kier molecular flexibility index (Phi) is 4.36. The largest absolute Gasteiger partial charge is 0.496 e. The quantitative estimate of drug-likeness (QED) is 0.478. The summed E-state index contributed by atoms with van der Waals surface area (Å²) in [6, 6.07) is 19.4. The molecule has 0 bridgehead atoms. The van der Waals surface area contributed by atoms with E-state index in [1.807, 2.05) is 18.2 Å². The van der Waals surface area contributed by atoms with Gasteiger partial charge in [-0.2, -0.15) is 0 Å². The van der Waals surface area contributed by atoms with Gasteiger partial charge < -0.3 is 4.74 Å². The molecule has 0 fully saturated rings. The Balaban J connectivity index is 1.71. The number of Topliss-reactive ketones (excluding diaryl/α,β-unsaturated/α-hetero) is 2. The Morgan fingerprint density at radius 1 is 0.889 bits per heavy atom. The lowest BCUT2D eigenvalue weighted by Gasteiger charge is -2.12. The van der Waals surface area contributed by atoms with E-state index in [9.17, 15) is 9.59 Å². The van der Waals surface area contributed by atoms with Gasteiger partial charge >= 0.3 is 0 Å². The fourth-order valence-electron chi connectivity index (χ4n) is 3.84. The summed E-state index contributed by atoms with van der Waals surface area (Å²) in [4.78, 5) is 24.8. The molecular weight excluding hydrogens is 336 g/mol. The van der Waals surface area contributed by atoms with Gasteiger partial charge in [0.1, 0.15) is 5.75 Å². The zero-order valence-corrected chi connectivity index (χ0v) is 15.4. The van der Waals surface area contributed by atoms with Crippen molar-refractivity contribution in [3.05, 3.63) is 88.5 Å². The van der Waals surface area contributed by atoms with E-state index in [0.29, 0.717) is 16.9 Å². The van der Waals surface area contributed by atoms with Gasteiger partial charge in [0.2, 0.25) is 0 Å². The maximum absolute atomic E-state index is 12.9. The van der Waals surface area contributed by atoms with Gasteiger partial charge in [0, 0.05) is 23.1 Å². The third kappa shape index (κ3) is 3.06. The van der Waals surface area contributed by atoms with Gasteiger partial charge in [0.15, 0.2) is 11.6 Å². The van der Waals surface area contributed by atoms with Crippen LogP contribution in [0.15, 0.2) is 60.7 Å². The minimum absolute atomic E-state index is 0.0745. The highest BCUT2D eigenvalue weighted by atomic mass is 16.5. The molecule has 3 heteroatoms. The Bertz CT molecular complexity index is 1060. The van der Waals surface area contributed by atoms with E-state index in [4.69, 9.17) is 4.74 Å². The fraction of sp³-hybridized carbons (Fsp3) is 0.167. The normalized spacial score (nSPS) is 11.6.